The molecule has 2 rings (SSSR count). The van der Waals surface area contributed by atoms with E-state index in [4.69, 9.17) is 0 Å². The molecule has 5 nitrogen and oxygen atoms in total. The number of hydrogen-bond acceptors (Lipinski definition) is 5. The maximum Gasteiger partial charge on any atom is 0.224 e. The van der Waals surface area contributed by atoms with Gasteiger partial charge in [-0.3, -0.25) is 0 Å². The monoisotopic (exact) mass is 281 g/mol. The fourth-order valence-electron chi connectivity index (χ4n) is 2.59. The summed E-state index contributed by atoms with van der Waals surface area (Å²) in [6.07, 6.45) is 3.56. The molecular weight excluding hydrogens is 257 g/mol. The highest BCUT2D eigenvalue weighted by atomic mass is 19.1. The van der Waals surface area contributed by atoms with Crippen molar-refractivity contribution in [1.82, 2.24) is 14.9 Å². The molecular formula is C14H24FN5. The Morgan fingerprint density at radius 2 is 2.15 bits per heavy atom. The molecule has 1 N–H and O–H groups in total. The van der Waals surface area contributed by atoms with Gasteiger partial charge < -0.3 is 15.1 Å². The molecule has 0 spiro atoms. The molecule has 0 aromatic carbocycles. The summed E-state index contributed by atoms with van der Waals surface area (Å²) >= 11 is 0. The predicted octanol–water partition coefficient (Wildman–Crippen LogP) is 1.83. The fraction of sp³-hybridized carbons (Fsp3) is 0.714. The number of halogens is 1. The zero-order valence-electron chi connectivity index (χ0n) is 12.6. The minimum atomic E-state index is -0.359. The first kappa shape index (κ1) is 15.0. The van der Waals surface area contributed by atoms with Crippen LogP contribution in [0, 0.1) is 11.7 Å². The Morgan fingerprint density at radius 3 is 2.80 bits per heavy atom. The van der Waals surface area contributed by atoms with E-state index in [1.54, 1.807) is 0 Å². The Balaban J connectivity index is 2.00. The van der Waals surface area contributed by atoms with Crippen LogP contribution in [0.3, 0.4) is 0 Å². The number of nitrogens with zero attached hydrogens (tertiary/aromatic N) is 4. The van der Waals surface area contributed by atoms with Crippen molar-refractivity contribution in [3.8, 4) is 0 Å². The van der Waals surface area contributed by atoms with Crippen LogP contribution in [-0.2, 0) is 0 Å². The lowest BCUT2D eigenvalue weighted by Crippen LogP contribution is -2.36. The van der Waals surface area contributed by atoms with Crippen molar-refractivity contribution in [2.45, 2.75) is 19.8 Å². The van der Waals surface area contributed by atoms with Crippen LogP contribution < -0.4 is 10.2 Å². The van der Waals surface area contributed by atoms with E-state index in [2.05, 4.69) is 27.2 Å². The third kappa shape index (κ3) is 3.79. The molecule has 20 heavy (non-hydrogen) atoms. The zero-order valence-corrected chi connectivity index (χ0v) is 12.6. The molecule has 1 saturated heterocycles. The Kier molecular flexibility index (Phi) is 5.11. The molecule has 6 heteroatoms. The Labute approximate surface area is 120 Å². The van der Waals surface area contributed by atoms with Crippen molar-refractivity contribution >= 4 is 11.8 Å². The SMILES string of the molecule is CCNc1ncc(F)c(N(C)CC2CCN(C)CC2)n1. The van der Waals surface area contributed by atoms with Gasteiger partial charge in [0.05, 0.1) is 6.20 Å². The van der Waals surface area contributed by atoms with E-state index < -0.39 is 0 Å². The van der Waals surface area contributed by atoms with Gasteiger partial charge in [0.1, 0.15) is 0 Å². The van der Waals surface area contributed by atoms with Crippen LogP contribution in [0.2, 0.25) is 0 Å². The van der Waals surface area contributed by atoms with E-state index in [-0.39, 0.29) is 5.82 Å². The maximum atomic E-state index is 13.9. The lowest BCUT2D eigenvalue weighted by atomic mass is 9.97. The summed E-state index contributed by atoms with van der Waals surface area (Å²) in [5.74, 6) is 1.12. The van der Waals surface area contributed by atoms with Crippen molar-refractivity contribution in [2.24, 2.45) is 5.92 Å². The van der Waals surface area contributed by atoms with Crippen molar-refractivity contribution < 1.29 is 4.39 Å². The number of hydrogen-bond donors (Lipinski definition) is 1. The van der Waals surface area contributed by atoms with Crippen LogP contribution in [0.25, 0.3) is 0 Å². The predicted molar refractivity (Wildman–Crippen MR) is 79.6 cm³/mol. The number of anilines is 2. The van der Waals surface area contributed by atoms with Crippen LogP contribution in [0.15, 0.2) is 6.20 Å². The number of aromatic nitrogens is 2. The molecule has 1 aliphatic heterocycles. The molecule has 1 aromatic rings. The normalized spacial score (nSPS) is 17.2. The van der Waals surface area contributed by atoms with E-state index >= 15 is 0 Å². The molecule has 0 aliphatic carbocycles. The van der Waals surface area contributed by atoms with Gasteiger partial charge in [0, 0.05) is 20.1 Å². The molecule has 1 fully saturated rings. The van der Waals surface area contributed by atoms with Crippen molar-refractivity contribution in [1.29, 1.82) is 0 Å². The smallest absolute Gasteiger partial charge is 0.224 e. The van der Waals surface area contributed by atoms with E-state index in [1.165, 1.54) is 6.20 Å². The lowest BCUT2D eigenvalue weighted by Gasteiger charge is -2.32. The van der Waals surface area contributed by atoms with Crippen molar-refractivity contribution in [2.75, 3.05) is 50.5 Å². The van der Waals surface area contributed by atoms with Gasteiger partial charge in [0.2, 0.25) is 5.95 Å². The lowest BCUT2D eigenvalue weighted by molar-refractivity contribution is 0.222. The highest BCUT2D eigenvalue weighted by molar-refractivity contribution is 5.43. The molecule has 112 valence electrons. The van der Waals surface area contributed by atoms with E-state index in [0.29, 0.717) is 17.7 Å². The topological polar surface area (TPSA) is 44.3 Å². The summed E-state index contributed by atoms with van der Waals surface area (Å²) in [4.78, 5) is 12.4. The summed E-state index contributed by atoms with van der Waals surface area (Å²) < 4.78 is 13.9. The van der Waals surface area contributed by atoms with Gasteiger partial charge in [-0.05, 0) is 45.8 Å². The maximum absolute atomic E-state index is 13.9. The largest absolute Gasteiger partial charge is 0.357 e. The third-order valence-electron chi connectivity index (χ3n) is 3.79. The van der Waals surface area contributed by atoms with Crippen LogP contribution in [0.4, 0.5) is 16.2 Å². The number of piperidine rings is 1. The molecule has 2 heterocycles. The summed E-state index contributed by atoms with van der Waals surface area (Å²) in [7, 11) is 4.05. The number of nitrogens with one attached hydrogen (secondary N) is 1. The van der Waals surface area contributed by atoms with Crippen molar-refractivity contribution in [3.63, 3.8) is 0 Å². The van der Waals surface area contributed by atoms with Gasteiger partial charge in [-0.1, -0.05) is 0 Å². The number of rotatable bonds is 5. The molecule has 1 aromatic heterocycles. The van der Waals surface area contributed by atoms with Crippen LogP contribution in [0.1, 0.15) is 19.8 Å². The van der Waals surface area contributed by atoms with Crippen LogP contribution in [-0.4, -0.2) is 55.1 Å². The first-order chi connectivity index (χ1) is 9.60. The molecule has 0 saturated carbocycles. The Hall–Kier alpha value is -1.43. The fourth-order valence-corrected chi connectivity index (χ4v) is 2.59. The Morgan fingerprint density at radius 1 is 1.45 bits per heavy atom. The molecule has 0 atom stereocenters. The molecule has 0 radical (unpaired) electrons. The first-order valence-electron chi connectivity index (χ1n) is 7.26. The second-order valence-electron chi connectivity index (χ2n) is 5.52. The van der Waals surface area contributed by atoms with Gasteiger partial charge in [-0.2, -0.15) is 4.98 Å². The number of likely N-dealkylation sites (tertiary alicyclic amines) is 1. The zero-order chi connectivity index (χ0) is 14.5. The second kappa shape index (κ2) is 6.83. The quantitative estimate of drug-likeness (QED) is 0.892. The van der Waals surface area contributed by atoms with E-state index in [1.807, 2.05) is 18.9 Å². The highest BCUT2D eigenvalue weighted by Crippen LogP contribution is 2.21. The van der Waals surface area contributed by atoms with Crippen LogP contribution in [0.5, 0.6) is 0 Å². The molecule has 0 amide bonds. The van der Waals surface area contributed by atoms with E-state index in [0.717, 1.165) is 39.0 Å². The van der Waals surface area contributed by atoms with Crippen LogP contribution >= 0.6 is 0 Å². The van der Waals surface area contributed by atoms with Gasteiger partial charge >= 0.3 is 0 Å². The Bertz CT molecular complexity index is 432. The highest BCUT2D eigenvalue weighted by Gasteiger charge is 2.20. The van der Waals surface area contributed by atoms with Gasteiger partial charge in [0.15, 0.2) is 11.6 Å². The van der Waals surface area contributed by atoms with Gasteiger partial charge in [-0.25, -0.2) is 9.37 Å². The molecule has 0 bridgehead atoms. The summed E-state index contributed by atoms with van der Waals surface area (Å²) in [5.41, 5.74) is 0. The van der Waals surface area contributed by atoms with Gasteiger partial charge in [0.25, 0.3) is 0 Å². The second-order valence-corrected chi connectivity index (χ2v) is 5.52. The summed E-state index contributed by atoms with van der Waals surface area (Å²) in [5, 5.41) is 3.02. The standard InChI is InChI=1S/C14H24FN5/c1-4-16-14-17-9-12(15)13(18-14)20(3)10-11-5-7-19(2)8-6-11/h9,11H,4-8,10H2,1-3H3,(H,16,17,18). The molecule has 0 unspecified atom stereocenters. The summed E-state index contributed by atoms with van der Waals surface area (Å²) in [6, 6.07) is 0. The average molecular weight is 281 g/mol. The van der Waals surface area contributed by atoms with E-state index in [9.17, 15) is 4.39 Å². The summed E-state index contributed by atoms with van der Waals surface area (Å²) in [6.45, 7) is 5.77. The van der Waals surface area contributed by atoms with Crippen molar-refractivity contribution in [3.05, 3.63) is 12.0 Å². The average Bonchev–Trinajstić information content (AvgIpc) is 2.43. The minimum absolute atomic E-state index is 0.359. The van der Waals surface area contributed by atoms with Gasteiger partial charge in [-0.15, -0.1) is 0 Å². The first-order valence-corrected chi connectivity index (χ1v) is 7.26. The third-order valence-corrected chi connectivity index (χ3v) is 3.79. The minimum Gasteiger partial charge on any atom is -0.357 e. The molecule has 1 aliphatic rings.